The monoisotopic (exact) mass is 381 g/mol. The lowest BCUT2D eigenvalue weighted by Gasteiger charge is -2.35. The van der Waals surface area contributed by atoms with Gasteiger partial charge >= 0.3 is 0 Å². The molecule has 1 unspecified atom stereocenters. The largest absolute Gasteiger partial charge is 0.314 e. The van der Waals surface area contributed by atoms with Crippen molar-refractivity contribution in [3.05, 3.63) is 76.4 Å². The van der Waals surface area contributed by atoms with E-state index in [0.717, 1.165) is 36.2 Å². The van der Waals surface area contributed by atoms with Crippen molar-refractivity contribution in [1.29, 1.82) is 0 Å². The molecule has 1 fully saturated rings. The molecular weight excluding hydrogens is 362 g/mol. The zero-order chi connectivity index (χ0) is 16.4. The van der Waals surface area contributed by atoms with E-state index in [1.165, 1.54) is 16.5 Å². The Bertz CT molecular complexity index is 843. The second-order valence-electron chi connectivity index (χ2n) is 6.20. The highest BCUT2D eigenvalue weighted by molar-refractivity contribution is 9.10. The van der Waals surface area contributed by atoms with E-state index in [9.17, 15) is 0 Å². The molecule has 3 aromatic rings. The second-order valence-corrected chi connectivity index (χ2v) is 7.12. The molecule has 4 heteroatoms. The van der Waals surface area contributed by atoms with Crippen LogP contribution < -0.4 is 5.32 Å². The van der Waals surface area contributed by atoms with Crippen LogP contribution in [0.1, 0.15) is 17.2 Å². The lowest BCUT2D eigenvalue weighted by Crippen LogP contribution is -2.45. The molecule has 1 aliphatic heterocycles. The van der Waals surface area contributed by atoms with Crippen LogP contribution in [0.5, 0.6) is 0 Å². The summed E-state index contributed by atoms with van der Waals surface area (Å²) in [4.78, 5) is 7.24. The van der Waals surface area contributed by atoms with Gasteiger partial charge in [-0.2, -0.15) is 0 Å². The molecule has 1 atom stereocenters. The van der Waals surface area contributed by atoms with E-state index in [4.69, 9.17) is 4.98 Å². The fraction of sp³-hybridized carbons (Fsp3) is 0.250. The predicted molar refractivity (Wildman–Crippen MR) is 102 cm³/mol. The molecule has 0 amide bonds. The van der Waals surface area contributed by atoms with Crippen molar-refractivity contribution in [3.8, 4) is 0 Å². The van der Waals surface area contributed by atoms with Crippen molar-refractivity contribution in [2.24, 2.45) is 0 Å². The molecule has 2 aromatic carbocycles. The fourth-order valence-electron chi connectivity index (χ4n) is 3.47. The fourth-order valence-corrected chi connectivity index (χ4v) is 3.89. The Labute approximate surface area is 150 Å². The number of rotatable bonds is 3. The van der Waals surface area contributed by atoms with Crippen LogP contribution in [0.3, 0.4) is 0 Å². The molecule has 0 bridgehead atoms. The molecule has 0 aliphatic carbocycles. The topological polar surface area (TPSA) is 28.2 Å². The van der Waals surface area contributed by atoms with Crippen molar-refractivity contribution >= 4 is 26.8 Å². The van der Waals surface area contributed by atoms with Crippen LogP contribution in [0, 0.1) is 0 Å². The van der Waals surface area contributed by atoms with Gasteiger partial charge in [-0.25, -0.2) is 0 Å². The summed E-state index contributed by atoms with van der Waals surface area (Å²) in [5.41, 5.74) is 3.62. The summed E-state index contributed by atoms with van der Waals surface area (Å²) in [7, 11) is 0. The minimum absolute atomic E-state index is 0.238. The molecule has 1 aliphatic rings. The van der Waals surface area contributed by atoms with Gasteiger partial charge in [-0.05, 0) is 35.4 Å². The van der Waals surface area contributed by atoms with Gasteiger partial charge in [-0.1, -0.05) is 46.3 Å². The first kappa shape index (κ1) is 15.8. The molecule has 0 spiro atoms. The predicted octanol–water partition coefficient (Wildman–Crippen LogP) is 3.99. The Morgan fingerprint density at radius 3 is 2.62 bits per heavy atom. The first-order chi connectivity index (χ1) is 11.8. The summed E-state index contributed by atoms with van der Waals surface area (Å²) >= 11 is 3.62. The average Bonchev–Trinajstić information content (AvgIpc) is 2.63. The molecule has 3 nitrogen and oxygen atoms in total. The number of hydrogen-bond donors (Lipinski definition) is 1. The van der Waals surface area contributed by atoms with E-state index in [0.29, 0.717) is 0 Å². The lowest BCUT2D eigenvalue weighted by atomic mass is 9.96. The maximum Gasteiger partial charge on any atom is 0.0702 e. The molecule has 1 aromatic heterocycles. The molecule has 0 saturated carbocycles. The highest BCUT2D eigenvalue weighted by atomic mass is 79.9. The van der Waals surface area contributed by atoms with Gasteiger partial charge in [0.2, 0.25) is 0 Å². The molecule has 4 rings (SSSR count). The Morgan fingerprint density at radius 1 is 0.958 bits per heavy atom. The van der Waals surface area contributed by atoms with Crippen molar-refractivity contribution < 1.29 is 0 Å². The van der Waals surface area contributed by atoms with Gasteiger partial charge in [0, 0.05) is 42.2 Å². The minimum Gasteiger partial charge on any atom is -0.314 e. The third-order valence-electron chi connectivity index (χ3n) is 4.61. The summed E-state index contributed by atoms with van der Waals surface area (Å²) < 4.78 is 1.12. The van der Waals surface area contributed by atoms with Gasteiger partial charge in [0.1, 0.15) is 0 Å². The van der Waals surface area contributed by atoms with Gasteiger partial charge in [-0.15, -0.1) is 0 Å². The van der Waals surface area contributed by atoms with Gasteiger partial charge in [0.15, 0.2) is 0 Å². The number of benzene rings is 2. The van der Waals surface area contributed by atoms with E-state index in [2.05, 4.69) is 74.7 Å². The molecular formula is C20H20BrN3. The Balaban J connectivity index is 1.80. The number of fused-ring (bicyclic) bond motifs is 1. The Morgan fingerprint density at radius 2 is 1.79 bits per heavy atom. The van der Waals surface area contributed by atoms with Crippen LogP contribution in [0.15, 0.2) is 65.3 Å². The van der Waals surface area contributed by atoms with Crippen LogP contribution in [-0.2, 0) is 0 Å². The van der Waals surface area contributed by atoms with Crippen molar-refractivity contribution in [2.75, 3.05) is 26.2 Å². The maximum absolute atomic E-state index is 4.69. The quantitative estimate of drug-likeness (QED) is 0.743. The third kappa shape index (κ3) is 3.22. The number of halogens is 1. The SMILES string of the molecule is Brc1cccc(C(c2cnc3ccccc3c2)N2CCNCC2)c1. The molecule has 122 valence electrons. The number of nitrogens with one attached hydrogen (secondary N) is 1. The van der Waals surface area contributed by atoms with Crippen LogP contribution in [0.2, 0.25) is 0 Å². The standard InChI is InChI=1S/C20H20BrN3/c21-18-6-3-5-16(13-18)20(24-10-8-22-9-11-24)17-12-15-4-1-2-7-19(15)23-14-17/h1-7,12-14,20,22H,8-11H2. The van der Waals surface area contributed by atoms with Crippen LogP contribution in [0.25, 0.3) is 10.9 Å². The summed E-state index contributed by atoms with van der Waals surface area (Å²) in [6.07, 6.45) is 2.04. The first-order valence-corrected chi connectivity index (χ1v) is 9.15. The smallest absolute Gasteiger partial charge is 0.0702 e. The summed E-state index contributed by atoms with van der Waals surface area (Å²) in [5, 5.41) is 4.65. The maximum atomic E-state index is 4.69. The van der Waals surface area contributed by atoms with Gasteiger partial charge in [-0.3, -0.25) is 9.88 Å². The Kier molecular flexibility index (Phi) is 4.60. The van der Waals surface area contributed by atoms with Gasteiger partial charge in [0.05, 0.1) is 11.6 Å². The summed E-state index contributed by atoms with van der Waals surface area (Å²) in [5.74, 6) is 0. The number of pyridine rings is 1. The van der Waals surface area contributed by atoms with Crippen molar-refractivity contribution in [3.63, 3.8) is 0 Å². The molecule has 0 radical (unpaired) electrons. The number of para-hydroxylation sites is 1. The molecule has 1 saturated heterocycles. The molecule has 24 heavy (non-hydrogen) atoms. The molecule has 2 heterocycles. The van der Waals surface area contributed by atoms with Gasteiger partial charge in [0.25, 0.3) is 0 Å². The molecule has 1 N–H and O–H groups in total. The number of nitrogens with zero attached hydrogens (tertiary/aromatic N) is 2. The zero-order valence-corrected chi connectivity index (χ0v) is 15.0. The van der Waals surface area contributed by atoms with Crippen LogP contribution in [-0.4, -0.2) is 36.1 Å². The Hall–Kier alpha value is -1.75. The van der Waals surface area contributed by atoms with E-state index >= 15 is 0 Å². The van der Waals surface area contributed by atoms with Gasteiger partial charge < -0.3 is 5.32 Å². The summed E-state index contributed by atoms with van der Waals surface area (Å²) in [6, 6.07) is 19.5. The highest BCUT2D eigenvalue weighted by Crippen LogP contribution is 2.31. The number of piperazine rings is 1. The normalized spacial score (nSPS) is 17.0. The minimum atomic E-state index is 0.238. The third-order valence-corrected chi connectivity index (χ3v) is 5.10. The van der Waals surface area contributed by atoms with Crippen molar-refractivity contribution in [2.45, 2.75) is 6.04 Å². The first-order valence-electron chi connectivity index (χ1n) is 8.36. The van der Waals surface area contributed by atoms with E-state index in [1.54, 1.807) is 0 Å². The zero-order valence-electron chi connectivity index (χ0n) is 13.5. The van der Waals surface area contributed by atoms with Crippen LogP contribution in [0.4, 0.5) is 0 Å². The van der Waals surface area contributed by atoms with E-state index < -0.39 is 0 Å². The van der Waals surface area contributed by atoms with Crippen molar-refractivity contribution in [1.82, 2.24) is 15.2 Å². The van der Waals surface area contributed by atoms with Crippen LogP contribution >= 0.6 is 15.9 Å². The number of aromatic nitrogens is 1. The number of hydrogen-bond acceptors (Lipinski definition) is 3. The van der Waals surface area contributed by atoms with E-state index in [-0.39, 0.29) is 6.04 Å². The van der Waals surface area contributed by atoms with E-state index in [1.807, 2.05) is 12.3 Å². The average molecular weight is 382 g/mol. The second kappa shape index (κ2) is 7.01. The highest BCUT2D eigenvalue weighted by Gasteiger charge is 2.24. The summed E-state index contributed by atoms with van der Waals surface area (Å²) in [6.45, 7) is 4.16. The lowest BCUT2D eigenvalue weighted by molar-refractivity contribution is 0.198.